The quantitative estimate of drug-likeness (QED) is 0.693. The largest absolute Gasteiger partial charge is 0.465 e. The molecule has 23 heavy (non-hydrogen) atoms. The van der Waals surface area contributed by atoms with Crippen LogP contribution in [0.2, 0.25) is 0 Å². The van der Waals surface area contributed by atoms with Crippen molar-refractivity contribution < 1.29 is 14.6 Å². The van der Waals surface area contributed by atoms with Crippen LogP contribution in [0.25, 0.3) is 0 Å². The van der Waals surface area contributed by atoms with Gasteiger partial charge >= 0.3 is 5.97 Å². The van der Waals surface area contributed by atoms with Gasteiger partial charge < -0.3 is 9.84 Å². The summed E-state index contributed by atoms with van der Waals surface area (Å²) < 4.78 is 5.81. The zero-order chi connectivity index (χ0) is 16.1. The van der Waals surface area contributed by atoms with Crippen LogP contribution in [0.15, 0.2) is 0 Å². The van der Waals surface area contributed by atoms with Gasteiger partial charge in [0, 0.05) is 5.41 Å². The molecular weight excluding hydrogens is 288 g/mol. The first-order chi connectivity index (χ1) is 10.8. The minimum atomic E-state index is -0.471. The number of carbonyl (C=O) groups excluding carboxylic acids is 1. The van der Waals surface area contributed by atoms with E-state index < -0.39 is 5.60 Å². The molecule has 1 saturated heterocycles. The first-order valence-electron chi connectivity index (χ1n) is 9.72. The lowest BCUT2D eigenvalue weighted by Gasteiger charge is -2.66. The molecule has 5 aliphatic rings. The summed E-state index contributed by atoms with van der Waals surface area (Å²) in [6.45, 7) is 4.91. The zero-order valence-corrected chi connectivity index (χ0v) is 14.6. The molecule has 4 saturated carbocycles. The molecule has 1 aliphatic heterocycles. The van der Waals surface area contributed by atoms with Crippen molar-refractivity contribution in [3.05, 3.63) is 0 Å². The van der Waals surface area contributed by atoms with Gasteiger partial charge in [0.2, 0.25) is 0 Å². The predicted octanol–water partition coefficient (Wildman–Crippen LogP) is 3.69. The van der Waals surface area contributed by atoms with Gasteiger partial charge in [-0.15, -0.1) is 0 Å². The van der Waals surface area contributed by atoms with E-state index in [-0.39, 0.29) is 16.8 Å². The zero-order valence-electron chi connectivity index (χ0n) is 14.6. The summed E-state index contributed by atoms with van der Waals surface area (Å²) in [6, 6.07) is 0. The lowest BCUT2D eigenvalue weighted by Crippen LogP contribution is -2.64. The Morgan fingerprint density at radius 3 is 2.74 bits per heavy atom. The van der Waals surface area contributed by atoms with Crippen molar-refractivity contribution in [2.24, 2.45) is 34.0 Å². The van der Waals surface area contributed by atoms with Gasteiger partial charge in [-0.1, -0.05) is 6.42 Å². The number of esters is 1. The highest BCUT2D eigenvalue weighted by Gasteiger charge is 2.70. The summed E-state index contributed by atoms with van der Waals surface area (Å²) in [5, 5.41) is 10.9. The number of hydrogen-bond acceptors (Lipinski definition) is 3. The summed E-state index contributed by atoms with van der Waals surface area (Å²) in [7, 11) is 0. The van der Waals surface area contributed by atoms with Crippen LogP contribution in [-0.2, 0) is 9.53 Å². The molecule has 3 nitrogen and oxygen atoms in total. The minimum absolute atomic E-state index is 0.0703. The van der Waals surface area contributed by atoms with Gasteiger partial charge in [0.1, 0.15) is 0 Å². The number of ether oxygens (including phenoxy) is 1. The molecule has 0 radical (unpaired) electrons. The number of aliphatic hydroxyl groups is 1. The Kier molecular flexibility index (Phi) is 2.66. The monoisotopic (exact) mass is 318 g/mol. The Bertz CT molecular complexity index is 569. The molecule has 0 aromatic rings. The molecule has 4 bridgehead atoms. The summed E-state index contributed by atoms with van der Waals surface area (Å²) >= 11 is 0. The van der Waals surface area contributed by atoms with Gasteiger partial charge in [0.05, 0.1) is 17.6 Å². The lowest BCUT2D eigenvalue weighted by molar-refractivity contribution is -0.233. The standard InChI is InChI=1S/C20H30O3/c1-17-7-3-8-20(12-23-16(17)21)14(17)6-9-19-10-13(4-5-15(19)20)18(2,22)11-19/h13-15,22H,3-12H2,1-2H3/t13?,14-,15-,17-,18-,19+,20+/m1/s1. The molecule has 0 amide bonds. The van der Waals surface area contributed by atoms with Crippen molar-refractivity contribution in [1.82, 2.24) is 0 Å². The van der Waals surface area contributed by atoms with E-state index in [1.807, 2.05) is 0 Å². The fourth-order valence-corrected chi connectivity index (χ4v) is 8.36. The summed E-state index contributed by atoms with van der Waals surface area (Å²) in [6.07, 6.45) is 10.4. The number of rotatable bonds is 0. The third kappa shape index (κ3) is 1.59. The maximum absolute atomic E-state index is 12.5. The SMILES string of the molecule is C[C@]12CCC[C@@]3(COC1=O)[C@@H]1CCC4C[C@@]1(CC[C@@H]32)C[C@@]4(C)O. The Morgan fingerprint density at radius 2 is 1.91 bits per heavy atom. The van der Waals surface area contributed by atoms with Crippen LogP contribution < -0.4 is 0 Å². The summed E-state index contributed by atoms with van der Waals surface area (Å²) in [5.41, 5.74) is -0.174. The molecule has 3 heteroatoms. The highest BCUT2D eigenvalue weighted by molar-refractivity contribution is 5.78. The van der Waals surface area contributed by atoms with Crippen molar-refractivity contribution >= 4 is 5.97 Å². The van der Waals surface area contributed by atoms with Gasteiger partial charge in [-0.05, 0) is 88.4 Å². The third-order valence-electron chi connectivity index (χ3n) is 9.15. The van der Waals surface area contributed by atoms with Gasteiger partial charge in [0.25, 0.3) is 0 Å². The maximum Gasteiger partial charge on any atom is 0.312 e. The van der Waals surface area contributed by atoms with E-state index in [1.54, 1.807) is 0 Å². The Morgan fingerprint density at radius 1 is 1.09 bits per heavy atom. The van der Waals surface area contributed by atoms with Gasteiger partial charge in [0.15, 0.2) is 0 Å². The van der Waals surface area contributed by atoms with Gasteiger partial charge in [-0.25, -0.2) is 0 Å². The smallest absolute Gasteiger partial charge is 0.312 e. The fraction of sp³-hybridized carbons (Fsp3) is 0.950. The van der Waals surface area contributed by atoms with Crippen LogP contribution in [0.4, 0.5) is 0 Å². The normalized spacial score (nSPS) is 60.7. The highest BCUT2D eigenvalue weighted by Crippen LogP contribution is 2.74. The van der Waals surface area contributed by atoms with Crippen molar-refractivity contribution in [2.75, 3.05) is 6.61 Å². The van der Waals surface area contributed by atoms with Gasteiger partial charge in [-0.3, -0.25) is 4.79 Å². The van der Waals surface area contributed by atoms with E-state index in [0.29, 0.717) is 29.8 Å². The molecule has 1 N–H and O–H groups in total. The van der Waals surface area contributed by atoms with Crippen LogP contribution in [0, 0.1) is 34.0 Å². The van der Waals surface area contributed by atoms with Crippen LogP contribution >= 0.6 is 0 Å². The Labute approximate surface area is 139 Å². The molecule has 5 fully saturated rings. The second-order valence-electron chi connectivity index (χ2n) is 10.1. The molecule has 1 spiro atoms. The Balaban J connectivity index is 1.60. The van der Waals surface area contributed by atoms with E-state index in [1.165, 1.54) is 44.9 Å². The first kappa shape index (κ1) is 14.7. The van der Waals surface area contributed by atoms with Crippen molar-refractivity contribution in [3.8, 4) is 0 Å². The van der Waals surface area contributed by atoms with E-state index in [4.69, 9.17) is 4.74 Å². The highest BCUT2D eigenvalue weighted by atomic mass is 16.5. The number of hydrogen-bond donors (Lipinski definition) is 1. The molecular formula is C20H30O3. The second-order valence-corrected chi connectivity index (χ2v) is 10.1. The van der Waals surface area contributed by atoms with Gasteiger partial charge in [-0.2, -0.15) is 0 Å². The molecule has 1 heterocycles. The van der Waals surface area contributed by atoms with Crippen molar-refractivity contribution in [1.29, 1.82) is 0 Å². The van der Waals surface area contributed by atoms with Crippen LogP contribution in [0.1, 0.15) is 71.6 Å². The summed E-state index contributed by atoms with van der Waals surface area (Å²) in [4.78, 5) is 12.5. The number of cyclic esters (lactones) is 1. The van der Waals surface area contributed by atoms with Crippen LogP contribution in [0.3, 0.4) is 0 Å². The number of fused-ring (bicyclic) bond motifs is 1. The first-order valence-corrected chi connectivity index (χ1v) is 9.72. The second kappa shape index (κ2) is 4.15. The summed E-state index contributed by atoms with van der Waals surface area (Å²) in [5.74, 6) is 1.74. The predicted molar refractivity (Wildman–Crippen MR) is 86.6 cm³/mol. The van der Waals surface area contributed by atoms with Crippen molar-refractivity contribution in [3.63, 3.8) is 0 Å². The van der Waals surface area contributed by atoms with E-state index in [9.17, 15) is 9.90 Å². The van der Waals surface area contributed by atoms with Crippen LogP contribution in [0.5, 0.6) is 0 Å². The molecule has 0 aromatic carbocycles. The molecule has 0 aromatic heterocycles. The third-order valence-corrected chi connectivity index (χ3v) is 9.15. The Hall–Kier alpha value is -0.570. The number of carbonyl (C=O) groups is 1. The van der Waals surface area contributed by atoms with E-state index in [0.717, 1.165) is 12.8 Å². The minimum Gasteiger partial charge on any atom is -0.465 e. The molecule has 1 unspecified atom stereocenters. The molecule has 7 atom stereocenters. The average molecular weight is 318 g/mol. The fourth-order valence-electron chi connectivity index (χ4n) is 8.36. The van der Waals surface area contributed by atoms with Crippen molar-refractivity contribution in [2.45, 2.75) is 77.2 Å². The molecule has 5 rings (SSSR count). The molecule has 128 valence electrons. The maximum atomic E-state index is 12.5. The molecule has 4 aliphatic carbocycles. The van der Waals surface area contributed by atoms with Crippen LogP contribution in [-0.4, -0.2) is 23.3 Å². The lowest BCUT2D eigenvalue weighted by atomic mass is 9.40. The average Bonchev–Trinajstić information content (AvgIpc) is 2.68. The van der Waals surface area contributed by atoms with E-state index >= 15 is 0 Å². The van der Waals surface area contributed by atoms with E-state index in [2.05, 4.69) is 13.8 Å². The topological polar surface area (TPSA) is 46.5 Å².